The third-order valence-corrected chi connectivity index (χ3v) is 7.13. The van der Waals surface area contributed by atoms with Crippen molar-refractivity contribution in [3.05, 3.63) is 63.6 Å². The van der Waals surface area contributed by atoms with Crippen LogP contribution < -0.4 is 10.9 Å². The van der Waals surface area contributed by atoms with Crippen molar-refractivity contribution in [2.75, 3.05) is 25.0 Å². The lowest BCUT2D eigenvalue weighted by atomic mass is 9.83. The van der Waals surface area contributed by atoms with Crippen LogP contribution >= 0.6 is 45.2 Å². The molecule has 0 radical (unpaired) electrons. The molecule has 4 rings (SSSR count). The number of hydrogen-bond acceptors (Lipinski definition) is 5. The molecule has 2 aromatic rings. The zero-order chi connectivity index (χ0) is 20.7. The second-order valence-corrected chi connectivity index (χ2v) is 9.81. The lowest BCUT2D eigenvalue weighted by Crippen LogP contribution is -2.49. The molecular weight excluding hydrogens is 602 g/mol. The molecule has 0 spiro atoms. The minimum Gasteiger partial charge on any atom is -0.323 e. The van der Waals surface area contributed by atoms with Crippen LogP contribution in [0.1, 0.15) is 18.0 Å². The zero-order valence-electron chi connectivity index (χ0n) is 15.3. The fourth-order valence-corrected chi connectivity index (χ4v) is 6.30. The van der Waals surface area contributed by atoms with Crippen molar-refractivity contribution in [3.63, 3.8) is 0 Å². The molecule has 1 aromatic heterocycles. The minimum atomic E-state index is -0.439. The number of amides is 1. The SMILES string of the molecule is O=C(CN1C[C@@H]2C[C@H](C1)c1cccc(=O)n1C2)Nc1c(I)cc([N+](=O)[O-])cc1I. The molecule has 29 heavy (non-hydrogen) atoms. The summed E-state index contributed by atoms with van der Waals surface area (Å²) in [6.45, 7) is 2.47. The van der Waals surface area contributed by atoms with E-state index in [0.717, 1.165) is 25.2 Å². The Morgan fingerprint density at radius 3 is 2.62 bits per heavy atom. The van der Waals surface area contributed by atoms with Gasteiger partial charge < -0.3 is 9.88 Å². The normalized spacial score (nSPS) is 20.8. The average Bonchev–Trinajstić information content (AvgIpc) is 2.65. The lowest BCUT2D eigenvalue weighted by Gasteiger charge is -2.42. The number of nitro benzene ring substituents is 1. The summed E-state index contributed by atoms with van der Waals surface area (Å²) in [7, 11) is 0. The number of fused-ring (bicyclic) bond motifs is 4. The number of pyridine rings is 1. The number of hydrogen-bond donors (Lipinski definition) is 1. The number of rotatable bonds is 4. The summed E-state index contributed by atoms with van der Waals surface area (Å²) in [6.07, 6.45) is 1.04. The fraction of sp³-hybridized carbons (Fsp3) is 0.368. The first kappa shape index (κ1) is 20.7. The topological polar surface area (TPSA) is 97.5 Å². The van der Waals surface area contributed by atoms with Crippen LogP contribution in [0.4, 0.5) is 11.4 Å². The van der Waals surface area contributed by atoms with Gasteiger partial charge in [-0.05, 0) is 63.6 Å². The first-order chi connectivity index (χ1) is 13.8. The Labute approximate surface area is 194 Å². The van der Waals surface area contributed by atoms with Gasteiger partial charge in [0, 0.05) is 56.6 Å². The number of nitrogens with one attached hydrogen (secondary N) is 1. The van der Waals surface area contributed by atoms with E-state index in [1.54, 1.807) is 12.1 Å². The van der Waals surface area contributed by atoms with Gasteiger partial charge in [-0.25, -0.2) is 0 Å². The van der Waals surface area contributed by atoms with Gasteiger partial charge in [0.2, 0.25) is 5.91 Å². The van der Waals surface area contributed by atoms with Crippen LogP contribution in [0.5, 0.6) is 0 Å². The Morgan fingerprint density at radius 2 is 1.93 bits per heavy atom. The first-order valence-electron chi connectivity index (χ1n) is 9.17. The smallest absolute Gasteiger partial charge is 0.271 e. The summed E-state index contributed by atoms with van der Waals surface area (Å²) >= 11 is 4.01. The Bertz CT molecular complexity index is 1030. The molecule has 10 heteroatoms. The monoisotopic (exact) mass is 620 g/mol. The van der Waals surface area contributed by atoms with E-state index < -0.39 is 4.92 Å². The number of non-ortho nitro benzene ring substituents is 1. The zero-order valence-corrected chi connectivity index (χ0v) is 19.6. The molecule has 1 N–H and O–H groups in total. The molecular formula is C19H18I2N4O4. The summed E-state index contributed by atoms with van der Waals surface area (Å²) in [5, 5.41) is 13.9. The van der Waals surface area contributed by atoms with Crippen LogP contribution in [0.2, 0.25) is 0 Å². The number of piperidine rings is 1. The summed E-state index contributed by atoms with van der Waals surface area (Å²) in [4.78, 5) is 37.5. The number of nitro groups is 1. The van der Waals surface area contributed by atoms with Gasteiger partial charge in [-0.2, -0.15) is 0 Å². The fourth-order valence-electron chi connectivity index (χ4n) is 4.29. The first-order valence-corrected chi connectivity index (χ1v) is 11.3. The molecule has 0 unspecified atom stereocenters. The number of carbonyl (C=O) groups is 1. The van der Waals surface area contributed by atoms with Crippen LogP contribution in [0.15, 0.2) is 35.1 Å². The van der Waals surface area contributed by atoms with E-state index in [1.165, 1.54) is 12.1 Å². The minimum absolute atomic E-state index is 0.00885. The lowest BCUT2D eigenvalue weighted by molar-refractivity contribution is -0.385. The van der Waals surface area contributed by atoms with E-state index >= 15 is 0 Å². The average molecular weight is 620 g/mol. The summed E-state index contributed by atoms with van der Waals surface area (Å²) < 4.78 is 3.15. The van der Waals surface area contributed by atoms with Gasteiger partial charge in [-0.3, -0.25) is 24.6 Å². The number of likely N-dealkylation sites (tertiary alicyclic amines) is 1. The summed E-state index contributed by atoms with van der Waals surface area (Å²) in [5.41, 5.74) is 1.72. The predicted molar refractivity (Wildman–Crippen MR) is 125 cm³/mol. The summed E-state index contributed by atoms with van der Waals surface area (Å²) in [5.74, 6) is 0.470. The Hall–Kier alpha value is -1.54. The predicted octanol–water partition coefficient (Wildman–Crippen LogP) is 3.02. The molecule has 152 valence electrons. The van der Waals surface area contributed by atoms with Gasteiger partial charge in [0.25, 0.3) is 11.2 Å². The van der Waals surface area contributed by atoms with Crippen molar-refractivity contribution in [2.45, 2.75) is 18.9 Å². The highest BCUT2D eigenvalue weighted by Crippen LogP contribution is 2.35. The Kier molecular flexibility index (Phi) is 5.93. The third-order valence-electron chi connectivity index (χ3n) is 5.42. The molecule has 8 nitrogen and oxygen atoms in total. The van der Waals surface area contributed by atoms with Gasteiger partial charge in [0.15, 0.2) is 0 Å². The molecule has 0 aliphatic carbocycles. The van der Waals surface area contributed by atoms with Crippen molar-refractivity contribution in [2.24, 2.45) is 5.92 Å². The van der Waals surface area contributed by atoms with Crippen LogP contribution in [-0.2, 0) is 11.3 Å². The second-order valence-electron chi connectivity index (χ2n) is 7.48. The third kappa shape index (κ3) is 4.33. The molecule has 2 aliphatic rings. The molecule has 2 bridgehead atoms. The summed E-state index contributed by atoms with van der Waals surface area (Å²) in [6, 6.07) is 8.33. The highest BCUT2D eigenvalue weighted by Gasteiger charge is 2.35. The van der Waals surface area contributed by atoms with Crippen LogP contribution in [0.3, 0.4) is 0 Å². The molecule has 1 amide bonds. The molecule has 1 fully saturated rings. The molecule has 2 aliphatic heterocycles. The van der Waals surface area contributed by atoms with Gasteiger partial charge in [0.05, 0.1) is 17.2 Å². The molecule has 1 saturated heterocycles. The maximum atomic E-state index is 12.7. The van der Waals surface area contributed by atoms with Crippen LogP contribution in [0.25, 0.3) is 0 Å². The standard InChI is InChI=1S/C19H18I2N4O4/c20-14-5-13(25(28)29)6-15(21)19(14)22-17(26)10-23-7-11-4-12(9-23)16-2-1-3-18(27)24(16)8-11/h1-3,5-6,11-12H,4,7-10H2,(H,22,26)/t11-,12+/m0/s1. The van der Waals surface area contributed by atoms with E-state index in [1.807, 2.05) is 55.8 Å². The maximum absolute atomic E-state index is 12.7. The van der Waals surface area contributed by atoms with Gasteiger partial charge in [-0.15, -0.1) is 0 Å². The second kappa shape index (κ2) is 8.30. The number of nitrogens with zero attached hydrogens (tertiary/aromatic N) is 3. The largest absolute Gasteiger partial charge is 0.323 e. The molecule has 2 atom stereocenters. The van der Waals surface area contributed by atoms with E-state index in [0.29, 0.717) is 25.3 Å². The Balaban J connectivity index is 1.45. The molecule has 1 aromatic carbocycles. The molecule has 0 saturated carbocycles. The highest BCUT2D eigenvalue weighted by atomic mass is 127. The van der Waals surface area contributed by atoms with Gasteiger partial charge in [0.1, 0.15) is 0 Å². The van der Waals surface area contributed by atoms with Gasteiger partial charge in [-0.1, -0.05) is 6.07 Å². The number of aromatic nitrogens is 1. The van der Waals surface area contributed by atoms with Crippen LogP contribution in [-0.4, -0.2) is 39.9 Å². The van der Waals surface area contributed by atoms with Crippen molar-refractivity contribution >= 4 is 62.5 Å². The van der Waals surface area contributed by atoms with Crippen molar-refractivity contribution < 1.29 is 9.72 Å². The number of benzene rings is 1. The quantitative estimate of drug-likeness (QED) is 0.322. The van der Waals surface area contributed by atoms with Crippen molar-refractivity contribution in [3.8, 4) is 0 Å². The number of halogens is 2. The van der Waals surface area contributed by atoms with Crippen molar-refractivity contribution in [1.29, 1.82) is 0 Å². The number of carbonyl (C=O) groups excluding carboxylic acids is 1. The van der Waals surface area contributed by atoms with E-state index in [2.05, 4.69) is 10.2 Å². The maximum Gasteiger partial charge on any atom is 0.271 e. The van der Waals surface area contributed by atoms with E-state index in [4.69, 9.17) is 0 Å². The number of anilines is 1. The van der Waals surface area contributed by atoms with Crippen LogP contribution in [0, 0.1) is 23.2 Å². The van der Waals surface area contributed by atoms with E-state index in [9.17, 15) is 19.7 Å². The highest BCUT2D eigenvalue weighted by molar-refractivity contribution is 14.1. The van der Waals surface area contributed by atoms with E-state index in [-0.39, 0.29) is 29.6 Å². The molecule has 3 heterocycles. The Morgan fingerprint density at radius 1 is 1.21 bits per heavy atom. The van der Waals surface area contributed by atoms with Gasteiger partial charge >= 0.3 is 0 Å². The van der Waals surface area contributed by atoms with Crippen molar-refractivity contribution in [1.82, 2.24) is 9.47 Å².